The molecule has 3 N–H and O–H groups in total. The van der Waals surface area contributed by atoms with Crippen LogP contribution in [0.3, 0.4) is 0 Å². The average Bonchev–Trinajstić information content (AvgIpc) is 2.27. The Balaban J connectivity index is 2.89. The number of hydrogen-bond donors (Lipinski definition) is 2. The molecule has 1 heterocycles. The minimum atomic E-state index is -1.33. The van der Waals surface area contributed by atoms with E-state index in [1.54, 1.807) is 6.92 Å². The first-order valence-electron chi connectivity index (χ1n) is 5.83. The maximum Gasteiger partial charge on any atom is 0.404 e. The molecule has 1 aliphatic rings. The summed E-state index contributed by atoms with van der Waals surface area (Å²) in [6.45, 7) is 4.86. The van der Waals surface area contributed by atoms with E-state index in [-0.39, 0.29) is 12.0 Å². The van der Waals surface area contributed by atoms with Gasteiger partial charge in [0.25, 0.3) is 0 Å². The predicted octanol–water partition coefficient (Wildman–Crippen LogP) is 0.145. The summed E-state index contributed by atoms with van der Waals surface area (Å²) < 4.78 is 15.2. The van der Waals surface area contributed by atoms with Gasteiger partial charge in [0.15, 0.2) is 18.5 Å². The second-order valence-corrected chi connectivity index (χ2v) is 4.31. The Morgan fingerprint density at radius 2 is 1.94 bits per heavy atom. The number of aliphatic hydroxyl groups is 1. The quantitative estimate of drug-likeness (QED) is 0.700. The molecule has 7 nitrogen and oxygen atoms in total. The van der Waals surface area contributed by atoms with Gasteiger partial charge in [-0.1, -0.05) is 13.8 Å². The maximum absolute atomic E-state index is 11.0. The van der Waals surface area contributed by atoms with Crippen LogP contribution < -0.4 is 5.73 Å². The molecule has 0 aliphatic carbocycles. The summed E-state index contributed by atoms with van der Waals surface area (Å²) in [5.74, 6) is -0.835. The van der Waals surface area contributed by atoms with Gasteiger partial charge in [-0.2, -0.15) is 0 Å². The van der Waals surface area contributed by atoms with Crippen LogP contribution in [-0.2, 0) is 19.0 Å². The number of nitrogens with two attached hydrogens (primary N) is 1. The van der Waals surface area contributed by atoms with Crippen LogP contribution in [0.15, 0.2) is 0 Å². The second kappa shape index (κ2) is 6.01. The molecule has 0 spiro atoms. The lowest BCUT2D eigenvalue weighted by Crippen LogP contribution is -2.56. The molecule has 5 atom stereocenters. The monoisotopic (exact) mass is 261 g/mol. The van der Waals surface area contributed by atoms with Crippen LogP contribution in [0, 0.1) is 5.92 Å². The zero-order valence-corrected chi connectivity index (χ0v) is 10.7. The number of aliphatic hydroxyl groups excluding tert-OH is 1. The molecule has 1 fully saturated rings. The number of rotatable bonds is 3. The Hall–Kier alpha value is -1.34. The van der Waals surface area contributed by atoms with E-state index in [2.05, 4.69) is 0 Å². The van der Waals surface area contributed by atoms with Crippen molar-refractivity contribution in [3.8, 4) is 0 Å². The maximum atomic E-state index is 11.0. The second-order valence-electron chi connectivity index (χ2n) is 4.31. The summed E-state index contributed by atoms with van der Waals surface area (Å²) >= 11 is 0. The minimum absolute atomic E-state index is 0.241. The van der Waals surface area contributed by atoms with E-state index < -0.39 is 30.6 Å². The first kappa shape index (κ1) is 14.7. The van der Waals surface area contributed by atoms with Crippen molar-refractivity contribution in [1.29, 1.82) is 0 Å². The van der Waals surface area contributed by atoms with E-state index in [4.69, 9.17) is 19.9 Å². The number of ether oxygens (including phenoxy) is 3. The molecule has 0 aromatic rings. The van der Waals surface area contributed by atoms with Crippen LogP contribution in [0.2, 0.25) is 0 Å². The van der Waals surface area contributed by atoms with Gasteiger partial charge in [-0.15, -0.1) is 0 Å². The van der Waals surface area contributed by atoms with Gasteiger partial charge in [-0.05, 0) is 6.42 Å². The minimum Gasteiger partial charge on any atom is -0.453 e. The van der Waals surface area contributed by atoms with Crippen molar-refractivity contribution in [1.82, 2.24) is 0 Å². The topological polar surface area (TPSA) is 108 Å². The summed E-state index contributed by atoms with van der Waals surface area (Å²) in [5.41, 5.74) is 4.99. The van der Waals surface area contributed by atoms with Crippen LogP contribution >= 0.6 is 0 Å². The molecule has 0 aromatic heterocycles. The normalized spacial score (nSPS) is 35.9. The first-order valence-corrected chi connectivity index (χ1v) is 5.83. The van der Waals surface area contributed by atoms with E-state index in [9.17, 15) is 14.7 Å². The molecule has 0 saturated carbocycles. The van der Waals surface area contributed by atoms with E-state index in [0.29, 0.717) is 6.42 Å². The van der Waals surface area contributed by atoms with Gasteiger partial charge in [0.2, 0.25) is 0 Å². The largest absolute Gasteiger partial charge is 0.453 e. The number of primary amides is 1. The molecule has 1 aliphatic heterocycles. The van der Waals surface area contributed by atoms with Gasteiger partial charge in [0, 0.05) is 12.8 Å². The van der Waals surface area contributed by atoms with E-state index in [1.807, 2.05) is 6.92 Å². The van der Waals surface area contributed by atoms with Crippen molar-refractivity contribution in [3.63, 3.8) is 0 Å². The Kier molecular flexibility index (Phi) is 4.92. The van der Waals surface area contributed by atoms with Crippen LogP contribution in [0.25, 0.3) is 0 Å². The molecule has 1 saturated heterocycles. The van der Waals surface area contributed by atoms with Crippen LogP contribution in [0.5, 0.6) is 0 Å². The molecule has 0 aromatic carbocycles. The molecule has 104 valence electrons. The van der Waals surface area contributed by atoms with E-state index in [1.165, 1.54) is 6.92 Å². The molecule has 1 unspecified atom stereocenters. The van der Waals surface area contributed by atoms with Gasteiger partial charge < -0.3 is 25.1 Å². The number of carbonyl (C=O) groups is 2. The molecule has 1 amide bonds. The van der Waals surface area contributed by atoms with Crippen molar-refractivity contribution < 1.29 is 28.9 Å². The molecular weight excluding hydrogens is 242 g/mol. The number of esters is 1. The predicted molar refractivity (Wildman–Crippen MR) is 60.3 cm³/mol. The lowest BCUT2D eigenvalue weighted by molar-refractivity contribution is -0.271. The molecule has 0 radical (unpaired) electrons. The van der Waals surface area contributed by atoms with Gasteiger partial charge in [0.1, 0.15) is 0 Å². The van der Waals surface area contributed by atoms with E-state index >= 15 is 0 Å². The number of hydrogen-bond acceptors (Lipinski definition) is 6. The lowest BCUT2D eigenvalue weighted by atomic mass is 9.89. The Labute approximate surface area is 105 Å². The summed E-state index contributed by atoms with van der Waals surface area (Å²) in [6.07, 6.45) is -3.86. The van der Waals surface area contributed by atoms with Crippen LogP contribution in [-0.4, -0.2) is 41.8 Å². The average molecular weight is 261 g/mol. The molecule has 0 bridgehead atoms. The van der Waals surface area contributed by atoms with E-state index in [0.717, 1.165) is 0 Å². The Morgan fingerprint density at radius 3 is 2.39 bits per heavy atom. The van der Waals surface area contributed by atoms with Gasteiger partial charge >= 0.3 is 12.1 Å². The zero-order chi connectivity index (χ0) is 13.9. The summed E-state index contributed by atoms with van der Waals surface area (Å²) in [5, 5.41) is 9.79. The lowest BCUT2D eigenvalue weighted by Gasteiger charge is -2.42. The summed E-state index contributed by atoms with van der Waals surface area (Å²) in [6, 6.07) is 0. The SMILES string of the molecule is CC[C@H]1OC(O)[C@@H](OC(C)=O)[C@@H](OC(N)=O)[C@@H]1C. The van der Waals surface area contributed by atoms with Crippen molar-refractivity contribution in [3.05, 3.63) is 0 Å². The number of carbonyl (C=O) groups excluding carboxylic acids is 2. The fourth-order valence-corrected chi connectivity index (χ4v) is 2.15. The third-order valence-electron chi connectivity index (χ3n) is 2.98. The van der Waals surface area contributed by atoms with Gasteiger partial charge in [-0.3, -0.25) is 4.79 Å². The first-order chi connectivity index (χ1) is 8.36. The summed E-state index contributed by atoms with van der Waals surface area (Å²) in [4.78, 5) is 21.9. The fraction of sp³-hybridized carbons (Fsp3) is 0.818. The standard InChI is InChI=1S/C11H19NO6/c1-4-7-5(2)8(18-11(12)15)9(10(14)17-7)16-6(3)13/h5,7-10,14H,4H2,1-3H3,(H2,12,15)/t5-,7-,8+,9+,10?/m1/s1. The zero-order valence-electron chi connectivity index (χ0n) is 10.7. The highest BCUT2D eigenvalue weighted by Crippen LogP contribution is 2.30. The highest BCUT2D eigenvalue weighted by Gasteiger charge is 2.46. The molecular formula is C11H19NO6. The molecule has 7 heteroatoms. The van der Waals surface area contributed by atoms with Crippen LogP contribution in [0.4, 0.5) is 4.79 Å². The van der Waals surface area contributed by atoms with Gasteiger partial charge in [-0.25, -0.2) is 4.79 Å². The fourth-order valence-electron chi connectivity index (χ4n) is 2.15. The third-order valence-corrected chi connectivity index (χ3v) is 2.98. The number of amides is 1. The van der Waals surface area contributed by atoms with Gasteiger partial charge in [0.05, 0.1) is 6.10 Å². The highest BCUT2D eigenvalue weighted by atomic mass is 16.7. The van der Waals surface area contributed by atoms with Crippen molar-refractivity contribution >= 4 is 12.1 Å². The molecule has 18 heavy (non-hydrogen) atoms. The van der Waals surface area contributed by atoms with Crippen molar-refractivity contribution in [2.45, 2.75) is 51.8 Å². The Morgan fingerprint density at radius 1 is 1.33 bits per heavy atom. The highest BCUT2D eigenvalue weighted by molar-refractivity contribution is 5.67. The summed E-state index contributed by atoms with van der Waals surface area (Å²) in [7, 11) is 0. The molecule has 1 rings (SSSR count). The van der Waals surface area contributed by atoms with Crippen molar-refractivity contribution in [2.24, 2.45) is 11.7 Å². The van der Waals surface area contributed by atoms with Crippen LogP contribution in [0.1, 0.15) is 27.2 Å². The van der Waals surface area contributed by atoms with Crippen molar-refractivity contribution in [2.75, 3.05) is 0 Å². The third kappa shape index (κ3) is 3.33. The Bertz CT molecular complexity index is 321. The smallest absolute Gasteiger partial charge is 0.404 e.